The van der Waals surface area contributed by atoms with Crippen LogP contribution in [0.5, 0.6) is 0 Å². The number of hydrogen-bond donors (Lipinski definition) is 2. The average molecular weight is 214 g/mol. The van der Waals surface area contributed by atoms with Gasteiger partial charge in [-0.15, -0.1) is 0 Å². The van der Waals surface area contributed by atoms with Crippen molar-refractivity contribution in [3.05, 3.63) is 42.2 Å². The Labute approximate surface area is 94.5 Å². The Kier molecular flexibility index (Phi) is 3.12. The first-order valence-electron chi connectivity index (χ1n) is 5.23. The Balaban J connectivity index is 2.49. The highest BCUT2D eigenvalue weighted by Gasteiger charge is 2.07. The summed E-state index contributed by atoms with van der Waals surface area (Å²) in [5.41, 5.74) is 5.45. The second-order valence-electron chi connectivity index (χ2n) is 3.41. The van der Waals surface area contributed by atoms with E-state index in [1.54, 1.807) is 6.20 Å². The van der Waals surface area contributed by atoms with Crippen molar-refractivity contribution < 1.29 is 0 Å². The summed E-state index contributed by atoms with van der Waals surface area (Å²) in [6.45, 7) is 2.05. The first kappa shape index (κ1) is 10.6. The van der Waals surface area contributed by atoms with E-state index < -0.39 is 0 Å². The number of anilines is 1. The molecule has 0 aliphatic carbocycles. The molecule has 1 heterocycles. The summed E-state index contributed by atoms with van der Waals surface area (Å²) in [4.78, 5) is 8.77. The molecule has 16 heavy (non-hydrogen) atoms. The SMILES string of the molecule is CCc1nc(NN)cnc1-c1ccccc1. The first-order valence-corrected chi connectivity index (χ1v) is 5.23. The molecule has 0 spiro atoms. The Hall–Kier alpha value is -1.94. The Morgan fingerprint density at radius 1 is 1.25 bits per heavy atom. The van der Waals surface area contributed by atoms with Gasteiger partial charge >= 0.3 is 0 Å². The molecule has 0 radical (unpaired) electrons. The fourth-order valence-electron chi connectivity index (χ4n) is 1.58. The van der Waals surface area contributed by atoms with Crippen LogP contribution in [0.15, 0.2) is 36.5 Å². The third-order valence-electron chi connectivity index (χ3n) is 2.37. The van der Waals surface area contributed by atoms with Crippen molar-refractivity contribution in [2.45, 2.75) is 13.3 Å². The molecule has 2 rings (SSSR count). The number of benzene rings is 1. The van der Waals surface area contributed by atoms with E-state index in [1.165, 1.54) is 0 Å². The molecule has 4 nitrogen and oxygen atoms in total. The van der Waals surface area contributed by atoms with E-state index in [1.807, 2.05) is 30.3 Å². The van der Waals surface area contributed by atoms with Crippen molar-refractivity contribution in [2.75, 3.05) is 5.43 Å². The van der Waals surface area contributed by atoms with Crippen molar-refractivity contribution in [1.29, 1.82) is 0 Å². The number of hydrazine groups is 1. The van der Waals surface area contributed by atoms with Crippen molar-refractivity contribution in [1.82, 2.24) is 9.97 Å². The fourth-order valence-corrected chi connectivity index (χ4v) is 1.58. The molecule has 82 valence electrons. The van der Waals surface area contributed by atoms with Gasteiger partial charge in [-0.1, -0.05) is 37.3 Å². The van der Waals surface area contributed by atoms with Crippen LogP contribution in [0.25, 0.3) is 11.3 Å². The van der Waals surface area contributed by atoms with Crippen LogP contribution >= 0.6 is 0 Å². The molecule has 0 fully saturated rings. The minimum atomic E-state index is 0.594. The fraction of sp³-hybridized carbons (Fsp3) is 0.167. The van der Waals surface area contributed by atoms with Gasteiger partial charge < -0.3 is 5.43 Å². The number of nitrogens with zero attached hydrogens (tertiary/aromatic N) is 2. The lowest BCUT2D eigenvalue weighted by molar-refractivity contribution is 1.00. The van der Waals surface area contributed by atoms with Gasteiger partial charge in [0.25, 0.3) is 0 Å². The highest BCUT2D eigenvalue weighted by atomic mass is 15.3. The molecule has 1 aromatic carbocycles. The third kappa shape index (κ3) is 2.01. The van der Waals surface area contributed by atoms with E-state index in [9.17, 15) is 0 Å². The second-order valence-corrected chi connectivity index (χ2v) is 3.41. The molecule has 0 unspecified atom stereocenters. The molecule has 4 heteroatoms. The smallest absolute Gasteiger partial charge is 0.158 e. The van der Waals surface area contributed by atoms with E-state index in [-0.39, 0.29) is 0 Å². The molecule has 0 bridgehead atoms. The van der Waals surface area contributed by atoms with Crippen LogP contribution < -0.4 is 11.3 Å². The Morgan fingerprint density at radius 3 is 2.62 bits per heavy atom. The summed E-state index contributed by atoms with van der Waals surface area (Å²) in [6, 6.07) is 10.0. The number of nitrogens with one attached hydrogen (secondary N) is 1. The minimum Gasteiger partial charge on any atom is -0.307 e. The summed E-state index contributed by atoms with van der Waals surface area (Å²) in [7, 11) is 0. The number of nitrogen functional groups attached to an aromatic ring is 1. The van der Waals surface area contributed by atoms with Crippen LogP contribution in [0, 0.1) is 0 Å². The molecule has 0 amide bonds. The zero-order valence-corrected chi connectivity index (χ0v) is 9.14. The van der Waals surface area contributed by atoms with E-state index in [0.29, 0.717) is 5.82 Å². The van der Waals surface area contributed by atoms with Crippen LogP contribution in [0.3, 0.4) is 0 Å². The second kappa shape index (κ2) is 4.72. The minimum absolute atomic E-state index is 0.594. The molecule has 0 aliphatic rings. The van der Waals surface area contributed by atoms with Crippen molar-refractivity contribution >= 4 is 5.82 Å². The molecule has 0 saturated carbocycles. The molecule has 0 saturated heterocycles. The zero-order chi connectivity index (χ0) is 11.4. The standard InChI is InChI=1S/C12H14N4/c1-2-10-12(9-6-4-3-5-7-9)14-8-11(15-10)16-13/h3-8H,2,13H2,1H3,(H,15,16). The van der Waals surface area contributed by atoms with Crippen LogP contribution in [0.4, 0.5) is 5.82 Å². The van der Waals surface area contributed by atoms with Crippen LogP contribution in [0.2, 0.25) is 0 Å². The van der Waals surface area contributed by atoms with E-state index >= 15 is 0 Å². The maximum Gasteiger partial charge on any atom is 0.158 e. The zero-order valence-electron chi connectivity index (χ0n) is 9.14. The van der Waals surface area contributed by atoms with E-state index in [4.69, 9.17) is 5.84 Å². The molecule has 0 aliphatic heterocycles. The lowest BCUT2D eigenvalue weighted by atomic mass is 10.1. The summed E-state index contributed by atoms with van der Waals surface area (Å²) >= 11 is 0. The topological polar surface area (TPSA) is 63.8 Å². The Bertz CT molecular complexity index is 468. The van der Waals surface area contributed by atoms with Crippen LogP contribution in [-0.2, 0) is 6.42 Å². The van der Waals surface area contributed by atoms with Gasteiger partial charge in [-0.3, -0.25) is 4.98 Å². The number of rotatable bonds is 3. The number of nitrogens with two attached hydrogens (primary N) is 1. The number of aromatic nitrogens is 2. The molecule has 0 atom stereocenters. The maximum atomic E-state index is 5.31. The average Bonchev–Trinajstić information content (AvgIpc) is 2.39. The predicted octanol–water partition coefficient (Wildman–Crippen LogP) is 1.99. The highest BCUT2D eigenvalue weighted by molar-refractivity contribution is 5.62. The highest BCUT2D eigenvalue weighted by Crippen LogP contribution is 2.21. The van der Waals surface area contributed by atoms with Crippen LogP contribution in [0.1, 0.15) is 12.6 Å². The molecule has 3 N–H and O–H groups in total. The van der Waals surface area contributed by atoms with Gasteiger partial charge in [0.05, 0.1) is 17.6 Å². The molecular weight excluding hydrogens is 200 g/mol. The lowest BCUT2D eigenvalue weighted by Gasteiger charge is -2.07. The van der Waals surface area contributed by atoms with E-state index in [2.05, 4.69) is 22.3 Å². The van der Waals surface area contributed by atoms with Gasteiger partial charge in [-0.05, 0) is 6.42 Å². The number of hydrogen-bond acceptors (Lipinski definition) is 4. The van der Waals surface area contributed by atoms with Gasteiger partial charge in [0, 0.05) is 5.56 Å². The van der Waals surface area contributed by atoms with Gasteiger partial charge in [-0.25, -0.2) is 10.8 Å². The van der Waals surface area contributed by atoms with Crippen molar-refractivity contribution in [2.24, 2.45) is 5.84 Å². The molecule has 2 aromatic rings. The van der Waals surface area contributed by atoms with Crippen molar-refractivity contribution in [3.63, 3.8) is 0 Å². The summed E-state index contributed by atoms with van der Waals surface area (Å²) in [6.07, 6.45) is 2.47. The van der Waals surface area contributed by atoms with Gasteiger partial charge in [0.15, 0.2) is 5.82 Å². The first-order chi connectivity index (χ1) is 7.85. The maximum absolute atomic E-state index is 5.31. The summed E-state index contributed by atoms with van der Waals surface area (Å²) in [5, 5.41) is 0. The number of aryl methyl sites for hydroxylation is 1. The lowest BCUT2D eigenvalue weighted by Crippen LogP contribution is -2.10. The molecule has 1 aromatic heterocycles. The normalized spacial score (nSPS) is 10.1. The molecular formula is C12H14N4. The quantitative estimate of drug-likeness (QED) is 0.606. The largest absolute Gasteiger partial charge is 0.307 e. The monoisotopic (exact) mass is 214 g/mol. The van der Waals surface area contributed by atoms with Gasteiger partial charge in [0.1, 0.15) is 0 Å². The van der Waals surface area contributed by atoms with E-state index in [0.717, 1.165) is 23.4 Å². The Morgan fingerprint density at radius 2 is 2.00 bits per heavy atom. The summed E-state index contributed by atoms with van der Waals surface area (Å²) < 4.78 is 0. The van der Waals surface area contributed by atoms with Crippen LogP contribution in [-0.4, -0.2) is 9.97 Å². The predicted molar refractivity (Wildman–Crippen MR) is 64.7 cm³/mol. The third-order valence-corrected chi connectivity index (χ3v) is 2.37. The van der Waals surface area contributed by atoms with Gasteiger partial charge in [-0.2, -0.15) is 0 Å². The summed E-state index contributed by atoms with van der Waals surface area (Å²) in [5.74, 6) is 5.90. The van der Waals surface area contributed by atoms with Gasteiger partial charge in [0.2, 0.25) is 0 Å². The van der Waals surface area contributed by atoms with Crippen molar-refractivity contribution in [3.8, 4) is 11.3 Å².